The molecule has 0 radical (unpaired) electrons. The Labute approximate surface area is 184 Å². The second kappa shape index (κ2) is 15.1. The molecular formula is C23H37NO7. The highest BCUT2D eigenvalue weighted by atomic mass is 16.7. The van der Waals surface area contributed by atoms with Crippen molar-refractivity contribution >= 4 is 23.6 Å². The first-order valence-corrected chi connectivity index (χ1v) is 11.8. The lowest BCUT2D eigenvalue weighted by atomic mass is 9.90. The molecule has 1 heterocycles. The molecule has 0 aromatic rings. The van der Waals surface area contributed by atoms with Gasteiger partial charge in [0.05, 0.1) is 32.8 Å². The van der Waals surface area contributed by atoms with E-state index in [0.29, 0.717) is 37.1 Å². The third-order valence-corrected chi connectivity index (χ3v) is 5.82. The summed E-state index contributed by atoms with van der Waals surface area (Å²) in [5.41, 5.74) is 0. The molecule has 1 saturated heterocycles. The van der Waals surface area contributed by atoms with Crippen molar-refractivity contribution in [2.45, 2.75) is 89.9 Å². The molecule has 2 amide bonds. The highest BCUT2D eigenvalue weighted by Gasteiger charge is 2.32. The van der Waals surface area contributed by atoms with E-state index in [1.807, 2.05) is 0 Å². The number of hydroxylamine groups is 2. The molecule has 0 N–H and O–H groups in total. The van der Waals surface area contributed by atoms with Crippen LogP contribution in [0.15, 0.2) is 0 Å². The second-order valence-corrected chi connectivity index (χ2v) is 8.34. The Hall–Kier alpha value is -1.80. The van der Waals surface area contributed by atoms with Gasteiger partial charge in [0, 0.05) is 25.2 Å². The Bertz CT molecular complexity index is 564. The fourth-order valence-electron chi connectivity index (χ4n) is 3.97. The lowest BCUT2D eigenvalue weighted by molar-refractivity contribution is -0.198. The van der Waals surface area contributed by atoms with E-state index in [1.165, 1.54) is 38.5 Å². The maximum Gasteiger partial charge on any atom is 0.335 e. The first kappa shape index (κ1) is 25.5. The molecule has 31 heavy (non-hydrogen) atoms. The number of rotatable bonds is 11. The average Bonchev–Trinajstić information content (AvgIpc) is 3.04. The van der Waals surface area contributed by atoms with Gasteiger partial charge in [0.1, 0.15) is 5.78 Å². The van der Waals surface area contributed by atoms with E-state index in [1.54, 1.807) is 0 Å². The van der Waals surface area contributed by atoms with Crippen LogP contribution < -0.4 is 0 Å². The SMILES string of the molecule is O=C(CCOCCOCCC(=O)C1CCCCCCCCCC1)ON1C(=O)CCC1=O. The summed E-state index contributed by atoms with van der Waals surface area (Å²) in [6.07, 6.45) is 12.5. The molecule has 8 heteroatoms. The molecule has 2 fully saturated rings. The smallest absolute Gasteiger partial charge is 0.335 e. The van der Waals surface area contributed by atoms with E-state index in [-0.39, 0.29) is 31.8 Å². The van der Waals surface area contributed by atoms with Crippen LogP contribution in [-0.4, -0.2) is 55.1 Å². The Kier molecular flexibility index (Phi) is 12.4. The van der Waals surface area contributed by atoms with Gasteiger partial charge in [0.2, 0.25) is 0 Å². The summed E-state index contributed by atoms with van der Waals surface area (Å²) < 4.78 is 10.8. The summed E-state index contributed by atoms with van der Waals surface area (Å²) >= 11 is 0. The summed E-state index contributed by atoms with van der Waals surface area (Å²) in [5, 5.41) is 0.531. The molecule has 0 atom stereocenters. The number of carbonyl (C=O) groups excluding carboxylic acids is 4. The molecule has 0 unspecified atom stereocenters. The van der Waals surface area contributed by atoms with E-state index in [4.69, 9.17) is 14.3 Å². The maximum absolute atomic E-state index is 12.5. The van der Waals surface area contributed by atoms with Crippen molar-refractivity contribution in [2.24, 2.45) is 5.92 Å². The van der Waals surface area contributed by atoms with Crippen LogP contribution >= 0.6 is 0 Å². The molecule has 0 aromatic carbocycles. The minimum Gasteiger partial charge on any atom is -0.379 e. The van der Waals surface area contributed by atoms with E-state index in [9.17, 15) is 19.2 Å². The van der Waals surface area contributed by atoms with Gasteiger partial charge in [-0.15, -0.1) is 5.06 Å². The Morgan fingerprint density at radius 3 is 1.74 bits per heavy atom. The summed E-state index contributed by atoms with van der Waals surface area (Å²) in [5.74, 6) is -1.19. The van der Waals surface area contributed by atoms with Crippen LogP contribution in [0.25, 0.3) is 0 Å². The van der Waals surface area contributed by atoms with E-state index < -0.39 is 17.8 Å². The molecule has 2 aliphatic rings. The maximum atomic E-state index is 12.5. The lowest BCUT2D eigenvalue weighted by Crippen LogP contribution is -2.32. The van der Waals surface area contributed by atoms with E-state index >= 15 is 0 Å². The fourth-order valence-corrected chi connectivity index (χ4v) is 3.97. The van der Waals surface area contributed by atoms with Crippen molar-refractivity contribution in [3.63, 3.8) is 0 Å². The van der Waals surface area contributed by atoms with Crippen molar-refractivity contribution in [1.29, 1.82) is 0 Å². The minimum atomic E-state index is -0.684. The van der Waals surface area contributed by atoms with Crippen molar-refractivity contribution in [3.8, 4) is 0 Å². The van der Waals surface area contributed by atoms with Crippen LogP contribution in [0, 0.1) is 5.92 Å². The standard InChI is InChI=1S/C23H37NO7/c25-20(19-9-7-5-3-1-2-4-6-8-10-19)13-15-29-17-18-30-16-14-23(28)31-24-21(26)11-12-22(24)27/h19H,1-18H2. The third kappa shape index (κ3) is 10.4. The number of hydrogen-bond donors (Lipinski definition) is 0. The number of hydrogen-bond acceptors (Lipinski definition) is 7. The first-order chi connectivity index (χ1) is 15.1. The topological polar surface area (TPSA) is 99.2 Å². The fraction of sp³-hybridized carbons (Fsp3) is 0.826. The molecule has 176 valence electrons. The van der Waals surface area contributed by atoms with Gasteiger partial charge in [-0.2, -0.15) is 0 Å². The van der Waals surface area contributed by atoms with Gasteiger partial charge in [0.25, 0.3) is 11.8 Å². The van der Waals surface area contributed by atoms with Gasteiger partial charge in [-0.3, -0.25) is 14.4 Å². The zero-order chi connectivity index (χ0) is 22.3. The predicted molar refractivity (Wildman–Crippen MR) is 113 cm³/mol. The van der Waals surface area contributed by atoms with Crippen LogP contribution in [0.3, 0.4) is 0 Å². The normalized spacial score (nSPS) is 19.3. The Morgan fingerprint density at radius 2 is 1.19 bits per heavy atom. The molecule has 0 spiro atoms. The number of amides is 2. The van der Waals surface area contributed by atoms with Gasteiger partial charge in [-0.1, -0.05) is 51.4 Å². The second-order valence-electron chi connectivity index (χ2n) is 8.34. The Balaban J connectivity index is 1.48. The quantitative estimate of drug-likeness (QED) is 0.359. The number of nitrogens with zero attached hydrogens (tertiary/aromatic N) is 1. The highest BCUT2D eigenvalue weighted by molar-refractivity contribution is 6.01. The van der Waals surface area contributed by atoms with Crippen LogP contribution in [0.5, 0.6) is 0 Å². The monoisotopic (exact) mass is 439 g/mol. The van der Waals surface area contributed by atoms with Crippen molar-refractivity contribution in [2.75, 3.05) is 26.4 Å². The predicted octanol–water partition coefficient (Wildman–Crippen LogP) is 3.51. The highest BCUT2D eigenvalue weighted by Crippen LogP contribution is 2.23. The average molecular weight is 440 g/mol. The minimum absolute atomic E-state index is 0.0583. The zero-order valence-electron chi connectivity index (χ0n) is 18.6. The van der Waals surface area contributed by atoms with Crippen molar-refractivity contribution < 1.29 is 33.5 Å². The summed E-state index contributed by atoms with van der Waals surface area (Å²) in [4.78, 5) is 51.7. The van der Waals surface area contributed by atoms with Crippen LogP contribution in [0.2, 0.25) is 0 Å². The summed E-state index contributed by atoms with van der Waals surface area (Å²) in [6.45, 7) is 1.14. The molecular weight excluding hydrogens is 402 g/mol. The number of carbonyl (C=O) groups is 4. The lowest BCUT2D eigenvalue weighted by Gasteiger charge is -2.15. The van der Waals surface area contributed by atoms with Gasteiger partial charge in [-0.05, 0) is 12.8 Å². The number of Topliss-reactive ketones (excluding diaryl/α,β-unsaturated/α-hetero) is 1. The van der Waals surface area contributed by atoms with Crippen molar-refractivity contribution in [3.05, 3.63) is 0 Å². The van der Waals surface area contributed by atoms with Gasteiger partial charge in [0.15, 0.2) is 0 Å². The van der Waals surface area contributed by atoms with Gasteiger partial charge in [-0.25, -0.2) is 4.79 Å². The van der Waals surface area contributed by atoms with Crippen LogP contribution in [0.1, 0.15) is 89.9 Å². The third-order valence-electron chi connectivity index (χ3n) is 5.82. The summed E-state index contributed by atoms with van der Waals surface area (Å²) in [7, 11) is 0. The van der Waals surface area contributed by atoms with Gasteiger partial charge >= 0.3 is 5.97 Å². The largest absolute Gasteiger partial charge is 0.379 e. The van der Waals surface area contributed by atoms with Crippen molar-refractivity contribution in [1.82, 2.24) is 5.06 Å². The number of imide groups is 1. The molecule has 8 nitrogen and oxygen atoms in total. The Morgan fingerprint density at radius 1 is 0.710 bits per heavy atom. The first-order valence-electron chi connectivity index (χ1n) is 11.8. The number of ketones is 1. The molecule has 1 saturated carbocycles. The van der Waals surface area contributed by atoms with E-state index in [2.05, 4.69) is 0 Å². The molecule has 0 bridgehead atoms. The zero-order valence-corrected chi connectivity index (χ0v) is 18.6. The van der Waals surface area contributed by atoms with Crippen LogP contribution in [0.4, 0.5) is 0 Å². The molecule has 1 aliphatic heterocycles. The number of ether oxygens (including phenoxy) is 2. The molecule has 2 rings (SSSR count). The summed E-state index contributed by atoms with van der Waals surface area (Å²) in [6, 6.07) is 0. The molecule has 0 aromatic heterocycles. The molecule has 1 aliphatic carbocycles. The van der Waals surface area contributed by atoms with Crippen LogP contribution in [-0.2, 0) is 33.5 Å². The van der Waals surface area contributed by atoms with E-state index in [0.717, 1.165) is 25.7 Å². The van der Waals surface area contributed by atoms with Gasteiger partial charge < -0.3 is 14.3 Å².